The van der Waals surface area contributed by atoms with Crippen molar-refractivity contribution in [3.05, 3.63) is 35.9 Å². The first-order valence-electron chi connectivity index (χ1n) is 9.84. The summed E-state index contributed by atoms with van der Waals surface area (Å²) >= 11 is 0. The molecule has 154 valence electrons. The van der Waals surface area contributed by atoms with E-state index in [-0.39, 0.29) is 29.8 Å². The Hall–Kier alpha value is -2.57. The third-order valence-corrected chi connectivity index (χ3v) is 4.52. The van der Waals surface area contributed by atoms with E-state index in [4.69, 9.17) is 0 Å². The highest BCUT2D eigenvalue weighted by Gasteiger charge is 2.29. The quantitative estimate of drug-likeness (QED) is 0.484. The van der Waals surface area contributed by atoms with Gasteiger partial charge in [-0.15, -0.1) is 0 Å². The summed E-state index contributed by atoms with van der Waals surface area (Å²) in [5.74, 6) is 0.929. The van der Waals surface area contributed by atoms with Gasteiger partial charge in [-0.3, -0.25) is 14.6 Å². The van der Waals surface area contributed by atoms with Crippen LogP contribution in [0.5, 0.6) is 0 Å². The third kappa shape index (κ3) is 7.58. The van der Waals surface area contributed by atoms with E-state index in [9.17, 15) is 9.59 Å². The number of hydrogen-bond donors (Lipinski definition) is 3. The van der Waals surface area contributed by atoms with E-state index in [0.29, 0.717) is 18.9 Å². The maximum atomic E-state index is 12.3. The van der Waals surface area contributed by atoms with Crippen molar-refractivity contribution in [2.24, 2.45) is 10.9 Å². The van der Waals surface area contributed by atoms with E-state index in [1.807, 2.05) is 43.9 Å². The van der Waals surface area contributed by atoms with Gasteiger partial charge in [0.2, 0.25) is 11.8 Å². The van der Waals surface area contributed by atoms with Crippen LogP contribution >= 0.6 is 0 Å². The van der Waals surface area contributed by atoms with Crippen LogP contribution in [0.2, 0.25) is 0 Å². The molecule has 1 atom stereocenters. The van der Waals surface area contributed by atoms with E-state index in [2.05, 4.69) is 33.1 Å². The molecule has 2 rings (SSSR count). The molecule has 1 unspecified atom stereocenters. The van der Waals surface area contributed by atoms with Crippen LogP contribution in [0.25, 0.3) is 0 Å². The van der Waals surface area contributed by atoms with Crippen LogP contribution in [0.3, 0.4) is 0 Å². The zero-order valence-corrected chi connectivity index (χ0v) is 17.4. The molecule has 1 heterocycles. The Morgan fingerprint density at radius 2 is 1.93 bits per heavy atom. The van der Waals surface area contributed by atoms with Gasteiger partial charge in [-0.1, -0.05) is 30.3 Å². The number of amides is 2. The number of aliphatic imine (C=N–C) groups is 1. The van der Waals surface area contributed by atoms with E-state index in [0.717, 1.165) is 19.5 Å². The Kier molecular flexibility index (Phi) is 7.84. The molecule has 3 N–H and O–H groups in total. The van der Waals surface area contributed by atoms with Crippen LogP contribution in [-0.2, 0) is 16.0 Å². The molecule has 0 aromatic heterocycles. The molecule has 1 aliphatic heterocycles. The standard InChI is InChI=1S/C21H33N5O2/c1-21(2,3)25-18(27)14-24-20(22-4)23-13-17-12-19(28)26(15-17)11-10-16-8-6-5-7-9-16/h5-9,17H,10-15H2,1-4H3,(H,25,27)(H2,22,23,24). The lowest BCUT2D eigenvalue weighted by molar-refractivity contribution is -0.127. The third-order valence-electron chi connectivity index (χ3n) is 4.52. The number of likely N-dealkylation sites (tertiary alicyclic amines) is 1. The molecule has 0 bridgehead atoms. The number of carbonyl (C=O) groups excluding carboxylic acids is 2. The van der Waals surface area contributed by atoms with Crippen molar-refractivity contribution in [3.8, 4) is 0 Å². The second kappa shape index (κ2) is 10.1. The minimum absolute atomic E-state index is 0.0846. The van der Waals surface area contributed by atoms with Gasteiger partial charge in [0.15, 0.2) is 5.96 Å². The molecule has 7 nitrogen and oxygen atoms in total. The fraction of sp³-hybridized carbons (Fsp3) is 0.571. The lowest BCUT2D eigenvalue weighted by Gasteiger charge is -2.21. The lowest BCUT2D eigenvalue weighted by Crippen LogP contribution is -2.48. The van der Waals surface area contributed by atoms with E-state index in [1.165, 1.54) is 5.56 Å². The lowest BCUT2D eigenvalue weighted by atomic mass is 10.1. The molecule has 0 aliphatic carbocycles. The first-order chi connectivity index (χ1) is 13.3. The molecule has 1 aromatic rings. The fourth-order valence-electron chi connectivity index (χ4n) is 3.20. The van der Waals surface area contributed by atoms with Gasteiger partial charge in [0.25, 0.3) is 0 Å². The summed E-state index contributed by atoms with van der Waals surface area (Å²) in [5, 5.41) is 9.14. The molecule has 2 amide bonds. The van der Waals surface area contributed by atoms with Crippen molar-refractivity contribution >= 4 is 17.8 Å². The number of benzene rings is 1. The summed E-state index contributed by atoms with van der Waals surface area (Å²) in [5.41, 5.74) is 0.985. The highest BCUT2D eigenvalue weighted by molar-refractivity contribution is 5.86. The normalized spacial score (nSPS) is 17.6. The van der Waals surface area contributed by atoms with Gasteiger partial charge in [-0.05, 0) is 32.8 Å². The summed E-state index contributed by atoms with van der Waals surface area (Å²) in [6.07, 6.45) is 1.42. The van der Waals surface area contributed by atoms with Crippen LogP contribution in [0.4, 0.5) is 0 Å². The SMILES string of the molecule is CN=C(NCC(=O)NC(C)(C)C)NCC1CC(=O)N(CCc2ccccc2)C1. The monoisotopic (exact) mass is 387 g/mol. The van der Waals surface area contributed by atoms with Crippen molar-refractivity contribution in [1.82, 2.24) is 20.9 Å². The van der Waals surface area contributed by atoms with E-state index >= 15 is 0 Å². The molecule has 1 aliphatic rings. The van der Waals surface area contributed by atoms with Crippen LogP contribution in [-0.4, -0.2) is 61.4 Å². The van der Waals surface area contributed by atoms with Crippen LogP contribution in [0, 0.1) is 5.92 Å². The topological polar surface area (TPSA) is 85.8 Å². The van der Waals surface area contributed by atoms with Crippen LogP contribution in [0.1, 0.15) is 32.8 Å². The Bertz CT molecular complexity index is 682. The second-order valence-electron chi connectivity index (χ2n) is 8.25. The maximum absolute atomic E-state index is 12.3. The van der Waals surface area contributed by atoms with Gasteiger partial charge in [0.1, 0.15) is 0 Å². The highest BCUT2D eigenvalue weighted by Crippen LogP contribution is 2.17. The minimum Gasteiger partial charge on any atom is -0.356 e. The predicted molar refractivity (Wildman–Crippen MR) is 112 cm³/mol. The first kappa shape index (κ1) is 21.7. The van der Waals surface area contributed by atoms with E-state index < -0.39 is 0 Å². The van der Waals surface area contributed by atoms with Gasteiger partial charge in [-0.25, -0.2) is 0 Å². The molecule has 1 fully saturated rings. The zero-order valence-electron chi connectivity index (χ0n) is 17.4. The van der Waals surface area contributed by atoms with Gasteiger partial charge < -0.3 is 20.9 Å². The zero-order chi connectivity index (χ0) is 20.6. The van der Waals surface area contributed by atoms with Crippen molar-refractivity contribution < 1.29 is 9.59 Å². The Morgan fingerprint density at radius 3 is 2.57 bits per heavy atom. The molecule has 7 heteroatoms. The minimum atomic E-state index is -0.261. The number of guanidine groups is 1. The summed E-state index contributed by atoms with van der Waals surface area (Å²) in [7, 11) is 1.67. The molecule has 0 saturated carbocycles. The first-order valence-corrected chi connectivity index (χ1v) is 9.84. The molecule has 0 radical (unpaired) electrons. The van der Waals surface area contributed by atoms with Gasteiger partial charge in [0, 0.05) is 44.6 Å². The van der Waals surface area contributed by atoms with Crippen molar-refractivity contribution in [2.45, 2.75) is 39.2 Å². The second-order valence-corrected chi connectivity index (χ2v) is 8.25. The van der Waals surface area contributed by atoms with Crippen LogP contribution < -0.4 is 16.0 Å². The summed E-state index contributed by atoms with van der Waals surface area (Å²) < 4.78 is 0. The van der Waals surface area contributed by atoms with Crippen molar-refractivity contribution in [2.75, 3.05) is 33.2 Å². The van der Waals surface area contributed by atoms with Crippen LogP contribution in [0.15, 0.2) is 35.3 Å². The molecular weight excluding hydrogens is 354 g/mol. The number of nitrogens with zero attached hydrogens (tertiary/aromatic N) is 2. The summed E-state index contributed by atoms with van der Waals surface area (Å²) in [6, 6.07) is 10.2. The van der Waals surface area contributed by atoms with Gasteiger partial charge >= 0.3 is 0 Å². The summed E-state index contributed by atoms with van der Waals surface area (Å²) in [6.45, 7) is 8.13. The molecule has 0 spiro atoms. The van der Waals surface area contributed by atoms with Gasteiger partial charge in [-0.2, -0.15) is 0 Å². The van der Waals surface area contributed by atoms with Crippen molar-refractivity contribution in [3.63, 3.8) is 0 Å². The molecular formula is C21H33N5O2. The largest absolute Gasteiger partial charge is 0.356 e. The molecule has 28 heavy (non-hydrogen) atoms. The Labute approximate surface area is 168 Å². The average molecular weight is 388 g/mol. The van der Waals surface area contributed by atoms with Crippen molar-refractivity contribution in [1.29, 1.82) is 0 Å². The Balaban J connectivity index is 1.71. The molecule has 1 saturated heterocycles. The number of nitrogens with one attached hydrogen (secondary N) is 3. The number of carbonyl (C=O) groups is 2. The highest BCUT2D eigenvalue weighted by atomic mass is 16.2. The average Bonchev–Trinajstić information content (AvgIpc) is 2.99. The molecule has 1 aromatic carbocycles. The number of rotatable bonds is 7. The predicted octanol–water partition coefficient (Wildman–Crippen LogP) is 1.16. The van der Waals surface area contributed by atoms with Gasteiger partial charge in [0.05, 0.1) is 6.54 Å². The van der Waals surface area contributed by atoms with E-state index in [1.54, 1.807) is 7.05 Å². The maximum Gasteiger partial charge on any atom is 0.239 e. The fourth-order valence-corrected chi connectivity index (χ4v) is 3.20. The smallest absolute Gasteiger partial charge is 0.239 e. The Morgan fingerprint density at radius 1 is 1.21 bits per heavy atom. The number of hydrogen-bond acceptors (Lipinski definition) is 3. The summed E-state index contributed by atoms with van der Waals surface area (Å²) in [4.78, 5) is 30.3.